The molecule has 0 bridgehead atoms. The minimum atomic E-state index is -0.782. The molecule has 0 aromatic heterocycles. The lowest BCUT2D eigenvalue weighted by Gasteiger charge is -2.36. The number of likely N-dealkylation sites (N-methyl/N-ethyl adjacent to an activating group) is 1. The Morgan fingerprint density at radius 1 is 1.23 bits per heavy atom. The Morgan fingerprint density at radius 3 is 2.54 bits per heavy atom. The molecule has 8 nitrogen and oxygen atoms in total. The number of fused-ring (bicyclic) bond motifs is 1. The van der Waals surface area contributed by atoms with Crippen molar-refractivity contribution in [1.29, 1.82) is 0 Å². The fraction of sp³-hybridized carbons (Fsp3) is 0.667. The second-order valence-electron chi connectivity index (χ2n) is 11.4. The number of rotatable bonds is 7. The SMILES string of the molecule is CCC1(N)C[C@@H](C(=O)N[C@@H]2CCCc3ccccc32)N(C(=O)[C@@H](NC(=O)[C@H](C)NC)C(C)(C)C)C1. The molecule has 0 radical (unpaired) electrons. The van der Waals surface area contributed by atoms with Crippen LogP contribution in [-0.4, -0.2) is 59.9 Å². The molecule has 2 aliphatic rings. The lowest BCUT2D eigenvalue weighted by atomic mass is 9.85. The lowest BCUT2D eigenvalue weighted by Crippen LogP contribution is -2.60. The third-order valence-electron chi connectivity index (χ3n) is 7.66. The smallest absolute Gasteiger partial charge is 0.246 e. The van der Waals surface area contributed by atoms with Crippen molar-refractivity contribution in [2.45, 2.75) is 96.4 Å². The largest absolute Gasteiger partial charge is 0.347 e. The van der Waals surface area contributed by atoms with Crippen LogP contribution in [0, 0.1) is 5.41 Å². The zero-order valence-electron chi connectivity index (χ0n) is 22.1. The van der Waals surface area contributed by atoms with E-state index in [-0.39, 0.29) is 30.3 Å². The first-order chi connectivity index (χ1) is 16.4. The predicted octanol–water partition coefficient (Wildman–Crippen LogP) is 2.03. The molecule has 1 aromatic rings. The van der Waals surface area contributed by atoms with E-state index in [1.807, 2.05) is 39.8 Å². The van der Waals surface area contributed by atoms with Crippen molar-refractivity contribution in [2.24, 2.45) is 11.1 Å². The number of aryl methyl sites for hydroxylation is 1. The van der Waals surface area contributed by atoms with E-state index < -0.39 is 29.1 Å². The van der Waals surface area contributed by atoms with E-state index in [1.165, 1.54) is 5.56 Å². The van der Waals surface area contributed by atoms with Crippen LogP contribution in [0.15, 0.2) is 24.3 Å². The standard InChI is InChI=1S/C27H43N5O3/c1-7-27(28)15-21(24(34)30-20-14-10-12-18-11-8-9-13-19(18)20)32(16-27)25(35)22(26(3,4)5)31-23(33)17(2)29-6/h8-9,11,13,17,20-22,29H,7,10,12,14-16,28H2,1-6H3,(H,30,34)(H,31,33)/t17-,20+,21-,22+,27?/m0/s1. The van der Waals surface area contributed by atoms with Crippen molar-refractivity contribution in [3.8, 4) is 0 Å². The average Bonchev–Trinajstić information content (AvgIpc) is 3.19. The number of nitrogens with one attached hydrogen (secondary N) is 3. The van der Waals surface area contributed by atoms with Crippen LogP contribution in [0.4, 0.5) is 0 Å². The van der Waals surface area contributed by atoms with Crippen LogP contribution < -0.4 is 21.7 Å². The van der Waals surface area contributed by atoms with Crippen LogP contribution in [0.1, 0.15) is 77.5 Å². The number of benzene rings is 1. The summed E-state index contributed by atoms with van der Waals surface area (Å²) in [4.78, 5) is 41.8. The summed E-state index contributed by atoms with van der Waals surface area (Å²) in [5.41, 5.74) is 7.86. The topological polar surface area (TPSA) is 117 Å². The molecule has 8 heteroatoms. The molecule has 5 atom stereocenters. The highest BCUT2D eigenvalue weighted by atomic mass is 16.2. The zero-order chi connectivity index (χ0) is 26.0. The molecule has 1 fully saturated rings. The summed E-state index contributed by atoms with van der Waals surface area (Å²) in [6.45, 7) is 9.76. The van der Waals surface area contributed by atoms with Crippen LogP contribution in [0.2, 0.25) is 0 Å². The Kier molecular flexibility index (Phi) is 8.27. The second-order valence-corrected chi connectivity index (χ2v) is 11.4. The summed E-state index contributed by atoms with van der Waals surface area (Å²) in [6, 6.07) is 6.24. The van der Waals surface area contributed by atoms with Gasteiger partial charge < -0.3 is 26.6 Å². The summed E-state index contributed by atoms with van der Waals surface area (Å²) in [5.74, 6) is -0.697. The van der Waals surface area contributed by atoms with E-state index in [9.17, 15) is 14.4 Å². The molecule has 5 N–H and O–H groups in total. The van der Waals surface area contributed by atoms with Crippen molar-refractivity contribution in [3.05, 3.63) is 35.4 Å². The number of nitrogens with zero attached hydrogens (tertiary/aromatic N) is 1. The maximum Gasteiger partial charge on any atom is 0.246 e. The van der Waals surface area contributed by atoms with Gasteiger partial charge in [0.05, 0.1) is 12.1 Å². The van der Waals surface area contributed by atoms with Gasteiger partial charge in [-0.3, -0.25) is 14.4 Å². The molecule has 3 amide bonds. The molecule has 1 aromatic carbocycles. The minimum absolute atomic E-state index is 0.0756. The van der Waals surface area contributed by atoms with Gasteiger partial charge in [-0.15, -0.1) is 0 Å². The van der Waals surface area contributed by atoms with Crippen LogP contribution in [0.5, 0.6) is 0 Å². The number of hydrogen-bond donors (Lipinski definition) is 4. The maximum atomic E-state index is 13.9. The molecular formula is C27H43N5O3. The molecule has 1 aliphatic carbocycles. The van der Waals surface area contributed by atoms with Gasteiger partial charge in [-0.2, -0.15) is 0 Å². The van der Waals surface area contributed by atoms with Gasteiger partial charge in [0.1, 0.15) is 12.1 Å². The van der Waals surface area contributed by atoms with E-state index in [0.29, 0.717) is 12.8 Å². The van der Waals surface area contributed by atoms with Gasteiger partial charge in [-0.1, -0.05) is 52.0 Å². The summed E-state index contributed by atoms with van der Waals surface area (Å²) in [6.07, 6.45) is 3.93. The van der Waals surface area contributed by atoms with Crippen LogP contribution in [0.3, 0.4) is 0 Å². The van der Waals surface area contributed by atoms with E-state index in [2.05, 4.69) is 28.1 Å². The zero-order valence-corrected chi connectivity index (χ0v) is 22.1. The van der Waals surface area contributed by atoms with Crippen molar-refractivity contribution in [3.63, 3.8) is 0 Å². The Labute approximate surface area is 209 Å². The van der Waals surface area contributed by atoms with Gasteiger partial charge >= 0.3 is 0 Å². The number of likely N-dealkylation sites (tertiary alicyclic amines) is 1. The average molecular weight is 486 g/mol. The summed E-state index contributed by atoms with van der Waals surface area (Å²) in [5, 5.41) is 9.05. The first-order valence-corrected chi connectivity index (χ1v) is 12.9. The first kappa shape index (κ1) is 27.1. The summed E-state index contributed by atoms with van der Waals surface area (Å²) >= 11 is 0. The number of carbonyl (C=O) groups excluding carboxylic acids is 3. The van der Waals surface area contributed by atoms with Gasteiger partial charge in [0.2, 0.25) is 17.7 Å². The fourth-order valence-electron chi connectivity index (χ4n) is 5.12. The Balaban J connectivity index is 1.85. The monoisotopic (exact) mass is 485 g/mol. The van der Waals surface area contributed by atoms with E-state index in [1.54, 1.807) is 18.9 Å². The normalized spacial score (nSPS) is 26.0. The van der Waals surface area contributed by atoms with Gasteiger partial charge in [0, 0.05) is 12.1 Å². The Hall–Kier alpha value is -2.45. The predicted molar refractivity (Wildman–Crippen MR) is 137 cm³/mol. The van der Waals surface area contributed by atoms with Gasteiger partial charge in [0.15, 0.2) is 0 Å². The van der Waals surface area contributed by atoms with Gasteiger partial charge in [-0.25, -0.2) is 0 Å². The molecular weight excluding hydrogens is 442 g/mol. The molecule has 1 aliphatic heterocycles. The maximum absolute atomic E-state index is 13.9. The molecule has 3 rings (SSSR count). The Morgan fingerprint density at radius 2 is 1.91 bits per heavy atom. The summed E-state index contributed by atoms with van der Waals surface area (Å²) < 4.78 is 0. The summed E-state index contributed by atoms with van der Waals surface area (Å²) in [7, 11) is 1.70. The number of amides is 3. The minimum Gasteiger partial charge on any atom is -0.347 e. The highest BCUT2D eigenvalue weighted by Crippen LogP contribution is 2.33. The fourth-order valence-corrected chi connectivity index (χ4v) is 5.12. The third-order valence-corrected chi connectivity index (χ3v) is 7.66. The molecule has 0 saturated carbocycles. The molecule has 35 heavy (non-hydrogen) atoms. The number of carbonyl (C=O) groups is 3. The van der Waals surface area contributed by atoms with E-state index in [0.717, 1.165) is 24.8 Å². The van der Waals surface area contributed by atoms with E-state index in [4.69, 9.17) is 5.73 Å². The molecule has 1 heterocycles. The quantitative estimate of drug-likeness (QED) is 0.472. The van der Waals surface area contributed by atoms with Crippen molar-refractivity contribution in [2.75, 3.05) is 13.6 Å². The number of hydrogen-bond acceptors (Lipinski definition) is 5. The van der Waals surface area contributed by atoms with Crippen molar-refractivity contribution >= 4 is 17.7 Å². The van der Waals surface area contributed by atoms with Crippen molar-refractivity contribution < 1.29 is 14.4 Å². The van der Waals surface area contributed by atoms with Crippen LogP contribution >= 0.6 is 0 Å². The van der Waals surface area contributed by atoms with Crippen LogP contribution in [0.25, 0.3) is 0 Å². The van der Waals surface area contributed by atoms with Gasteiger partial charge in [0.25, 0.3) is 0 Å². The second kappa shape index (κ2) is 10.7. The first-order valence-electron chi connectivity index (χ1n) is 12.9. The van der Waals surface area contributed by atoms with Gasteiger partial charge in [-0.05, 0) is 62.6 Å². The molecule has 1 saturated heterocycles. The highest BCUT2D eigenvalue weighted by molar-refractivity contribution is 5.94. The van der Waals surface area contributed by atoms with Crippen molar-refractivity contribution in [1.82, 2.24) is 20.9 Å². The Bertz CT molecular complexity index is 943. The third kappa shape index (κ3) is 6.04. The number of nitrogens with two attached hydrogens (primary N) is 1. The molecule has 194 valence electrons. The van der Waals surface area contributed by atoms with Crippen LogP contribution in [-0.2, 0) is 20.8 Å². The molecule has 1 unspecified atom stereocenters. The molecule has 0 spiro atoms. The van der Waals surface area contributed by atoms with E-state index >= 15 is 0 Å². The highest BCUT2D eigenvalue weighted by Gasteiger charge is 2.49. The lowest BCUT2D eigenvalue weighted by molar-refractivity contribution is -0.144.